The molecule has 3 rings (SSSR count). The fourth-order valence-electron chi connectivity index (χ4n) is 2.53. The summed E-state index contributed by atoms with van der Waals surface area (Å²) in [6, 6.07) is 17.5. The summed E-state index contributed by atoms with van der Waals surface area (Å²) in [6.07, 6.45) is 1.68. The van der Waals surface area contributed by atoms with Crippen molar-refractivity contribution in [2.45, 2.75) is 26.6 Å². The zero-order valence-electron chi connectivity index (χ0n) is 15.1. The first-order chi connectivity index (χ1) is 12.7. The Balaban J connectivity index is 0.00000261. The number of hydrogen-bond donors (Lipinski definition) is 1. The van der Waals surface area contributed by atoms with Gasteiger partial charge in [0.15, 0.2) is 11.5 Å². The minimum atomic E-state index is 0. The molecule has 0 amide bonds. The van der Waals surface area contributed by atoms with Crippen molar-refractivity contribution in [3.05, 3.63) is 82.8 Å². The molecule has 0 spiro atoms. The standard InChI is InChI=1S/C21H22ClNO3.ClH/c1-2-24-21-12-17(13-23-14-19-4-3-11-25-19)7-10-20(21)26-15-16-5-8-18(22)9-6-16;/h3-12,23H,2,13-15H2,1H3;1H. The van der Waals surface area contributed by atoms with E-state index in [1.165, 1.54) is 0 Å². The molecule has 6 heteroatoms. The van der Waals surface area contributed by atoms with Crippen LogP contribution >= 0.6 is 24.0 Å². The van der Waals surface area contributed by atoms with Crippen LogP contribution in [0.4, 0.5) is 0 Å². The maximum Gasteiger partial charge on any atom is 0.161 e. The van der Waals surface area contributed by atoms with Gasteiger partial charge in [-0.2, -0.15) is 0 Å². The summed E-state index contributed by atoms with van der Waals surface area (Å²) >= 11 is 5.91. The van der Waals surface area contributed by atoms with E-state index in [9.17, 15) is 0 Å². The molecule has 0 saturated carbocycles. The van der Waals surface area contributed by atoms with Crippen molar-refractivity contribution in [1.29, 1.82) is 0 Å². The predicted octanol–water partition coefficient (Wildman–Crippen LogP) is 5.62. The molecule has 0 bridgehead atoms. The zero-order valence-corrected chi connectivity index (χ0v) is 16.7. The van der Waals surface area contributed by atoms with Crippen molar-refractivity contribution in [3.8, 4) is 11.5 Å². The Bertz CT molecular complexity index is 805. The van der Waals surface area contributed by atoms with Gasteiger partial charge in [0.05, 0.1) is 19.4 Å². The number of hydrogen-bond acceptors (Lipinski definition) is 4. The van der Waals surface area contributed by atoms with Crippen molar-refractivity contribution in [2.75, 3.05) is 6.61 Å². The van der Waals surface area contributed by atoms with Crippen LogP contribution in [-0.4, -0.2) is 6.61 Å². The third-order valence-electron chi connectivity index (χ3n) is 3.82. The number of furan rings is 1. The van der Waals surface area contributed by atoms with Crippen LogP contribution in [0.1, 0.15) is 23.8 Å². The molecule has 3 aromatic rings. The Kier molecular flexibility index (Phi) is 8.52. The van der Waals surface area contributed by atoms with Gasteiger partial charge >= 0.3 is 0 Å². The molecule has 1 N–H and O–H groups in total. The summed E-state index contributed by atoms with van der Waals surface area (Å²) < 4.78 is 17.0. The SMILES string of the molecule is CCOc1cc(CNCc2ccco2)ccc1OCc1ccc(Cl)cc1.Cl. The number of rotatable bonds is 9. The highest BCUT2D eigenvalue weighted by atomic mass is 35.5. The molecular weight excluding hydrogens is 385 g/mol. The van der Waals surface area contributed by atoms with Gasteiger partial charge in [-0.1, -0.05) is 29.8 Å². The normalized spacial score (nSPS) is 10.3. The molecule has 0 radical (unpaired) electrons. The third-order valence-corrected chi connectivity index (χ3v) is 4.08. The molecule has 0 unspecified atom stereocenters. The van der Waals surface area contributed by atoms with E-state index in [2.05, 4.69) is 5.32 Å². The first-order valence-electron chi connectivity index (χ1n) is 8.60. The van der Waals surface area contributed by atoms with Gasteiger partial charge in [0.2, 0.25) is 0 Å². The molecule has 144 valence electrons. The van der Waals surface area contributed by atoms with Crippen LogP contribution in [0, 0.1) is 0 Å². The monoisotopic (exact) mass is 407 g/mol. The van der Waals surface area contributed by atoms with Crippen molar-refractivity contribution in [3.63, 3.8) is 0 Å². The van der Waals surface area contributed by atoms with Crippen LogP contribution in [0.15, 0.2) is 65.3 Å². The molecule has 2 aromatic carbocycles. The van der Waals surface area contributed by atoms with Crippen molar-refractivity contribution in [2.24, 2.45) is 0 Å². The summed E-state index contributed by atoms with van der Waals surface area (Å²) in [6.45, 7) is 4.42. The largest absolute Gasteiger partial charge is 0.490 e. The molecule has 27 heavy (non-hydrogen) atoms. The van der Waals surface area contributed by atoms with Crippen molar-refractivity contribution < 1.29 is 13.9 Å². The quantitative estimate of drug-likeness (QED) is 0.499. The molecule has 0 aliphatic rings. The van der Waals surface area contributed by atoms with Gasteiger partial charge in [-0.25, -0.2) is 0 Å². The van der Waals surface area contributed by atoms with Gasteiger partial charge in [-0.05, 0) is 54.4 Å². The number of halogens is 2. The van der Waals surface area contributed by atoms with Gasteiger partial charge < -0.3 is 19.2 Å². The smallest absolute Gasteiger partial charge is 0.161 e. The molecule has 1 heterocycles. The van der Waals surface area contributed by atoms with Gasteiger partial charge in [0.25, 0.3) is 0 Å². The predicted molar refractivity (Wildman–Crippen MR) is 110 cm³/mol. The van der Waals surface area contributed by atoms with E-state index in [1.807, 2.05) is 61.5 Å². The van der Waals surface area contributed by atoms with E-state index >= 15 is 0 Å². The van der Waals surface area contributed by atoms with E-state index < -0.39 is 0 Å². The summed E-state index contributed by atoms with van der Waals surface area (Å²) in [5.41, 5.74) is 2.18. The Morgan fingerprint density at radius 3 is 2.41 bits per heavy atom. The first-order valence-corrected chi connectivity index (χ1v) is 8.98. The van der Waals surface area contributed by atoms with Crippen LogP contribution in [0.25, 0.3) is 0 Å². The van der Waals surface area contributed by atoms with Gasteiger partial charge in [0.1, 0.15) is 12.4 Å². The van der Waals surface area contributed by atoms with E-state index in [0.29, 0.717) is 19.8 Å². The average Bonchev–Trinajstić information content (AvgIpc) is 3.16. The Labute approximate surface area is 170 Å². The lowest BCUT2D eigenvalue weighted by Crippen LogP contribution is -2.12. The fourth-order valence-corrected chi connectivity index (χ4v) is 2.66. The Morgan fingerprint density at radius 2 is 1.70 bits per heavy atom. The highest BCUT2D eigenvalue weighted by Gasteiger charge is 2.07. The minimum absolute atomic E-state index is 0. The minimum Gasteiger partial charge on any atom is -0.490 e. The summed E-state index contributed by atoms with van der Waals surface area (Å²) in [7, 11) is 0. The third kappa shape index (κ3) is 6.51. The topological polar surface area (TPSA) is 43.6 Å². The van der Waals surface area contributed by atoms with E-state index in [4.69, 9.17) is 25.5 Å². The molecule has 0 saturated heterocycles. The highest BCUT2D eigenvalue weighted by molar-refractivity contribution is 6.30. The number of ether oxygens (including phenoxy) is 2. The van der Waals surface area contributed by atoms with E-state index in [-0.39, 0.29) is 12.4 Å². The zero-order chi connectivity index (χ0) is 18.2. The van der Waals surface area contributed by atoms with E-state index in [0.717, 1.165) is 40.0 Å². The summed E-state index contributed by atoms with van der Waals surface area (Å²) in [5, 5.41) is 4.07. The van der Waals surface area contributed by atoms with Crippen LogP contribution in [0.3, 0.4) is 0 Å². The second-order valence-electron chi connectivity index (χ2n) is 5.81. The molecule has 0 aliphatic carbocycles. The van der Waals surface area contributed by atoms with Crippen molar-refractivity contribution in [1.82, 2.24) is 5.32 Å². The Hall–Kier alpha value is -2.14. The second-order valence-corrected chi connectivity index (χ2v) is 6.25. The Morgan fingerprint density at radius 1 is 0.926 bits per heavy atom. The lowest BCUT2D eigenvalue weighted by molar-refractivity contribution is 0.269. The molecule has 0 fully saturated rings. The molecule has 0 aliphatic heterocycles. The maximum atomic E-state index is 5.93. The van der Waals surface area contributed by atoms with Crippen LogP contribution in [0.5, 0.6) is 11.5 Å². The van der Waals surface area contributed by atoms with Gasteiger partial charge in [-0.3, -0.25) is 0 Å². The maximum absolute atomic E-state index is 5.93. The van der Waals surface area contributed by atoms with Gasteiger partial charge in [0, 0.05) is 11.6 Å². The highest BCUT2D eigenvalue weighted by Crippen LogP contribution is 2.29. The lowest BCUT2D eigenvalue weighted by Gasteiger charge is -2.14. The van der Waals surface area contributed by atoms with Gasteiger partial charge in [-0.15, -0.1) is 12.4 Å². The number of nitrogens with one attached hydrogen (secondary N) is 1. The molecular formula is C21H23Cl2NO3. The van der Waals surface area contributed by atoms with Crippen LogP contribution in [-0.2, 0) is 19.7 Å². The van der Waals surface area contributed by atoms with Crippen LogP contribution < -0.4 is 14.8 Å². The summed E-state index contributed by atoms with van der Waals surface area (Å²) in [4.78, 5) is 0. The molecule has 0 atom stereocenters. The second kappa shape index (κ2) is 10.9. The molecule has 4 nitrogen and oxygen atoms in total. The first kappa shape index (κ1) is 21.2. The molecule has 1 aromatic heterocycles. The average molecular weight is 408 g/mol. The summed E-state index contributed by atoms with van der Waals surface area (Å²) in [5.74, 6) is 2.40. The lowest BCUT2D eigenvalue weighted by atomic mass is 10.2. The fraction of sp³-hybridized carbons (Fsp3) is 0.238. The van der Waals surface area contributed by atoms with E-state index in [1.54, 1.807) is 6.26 Å². The number of benzene rings is 2. The van der Waals surface area contributed by atoms with Crippen LogP contribution in [0.2, 0.25) is 5.02 Å². The van der Waals surface area contributed by atoms with Crippen molar-refractivity contribution >= 4 is 24.0 Å².